The highest BCUT2D eigenvalue weighted by Gasteiger charge is 2.18. The molecule has 0 radical (unpaired) electrons. The van der Waals surface area contributed by atoms with Crippen molar-refractivity contribution in [3.8, 4) is 16.9 Å². The van der Waals surface area contributed by atoms with E-state index in [0.717, 1.165) is 38.5 Å². The van der Waals surface area contributed by atoms with Gasteiger partial charge in [-0.15, -0.1) is 0 Å². The van der Waals surface area contributed by atoms with E-state index in [1.54, 1.807) is 25.6 Å². The van der Waals surface area contributed by atoms with Gasteiger partial charge >= 0.3 is 6.03 Å². The first-order chi connectivity index (χ1) is 16.5. The Balaban J connectivity index is 1.59. The highest BCUT2D eigenvalue weighted by atomic mass is 35.5. The van der Waals surface area contributed by atoms with E-state index in [9.17, 15) is 4.79 Å². The van der Waals surface area contributed by atoms with E-state index < -0.39 is 6.03 Å². The van der Waals surface area contributed by atoms with E-state index in [-0.39, 0.29) is 0 Å². The third-order valence-corrected chi connectivity index (χ3v) is 5.95. The van der Waals surface area contributed by atoms with Gasteiger partial charge in [-0.3, -0.25) is 9.97 Å². The number of nitrogens with zero attached hydrogens (tertiary/aromatic N) is 2. The van der Waals surface area contributed by atoms with Crippen molar-refractivity contribution >= 4 is 50.8 Å². The zero-order valence-electron chi connectivity index (χ0n) is 18.6. The second-order valence-electron chi connectivity index (χ2n) is 7.84. The van der Waals surface area contributed by atoms with Crippen LogP contribution in [0.4, 0.5) is 16.2 Å². The minimum absolute atomic E-state index is 0.434. The second kappa shape index (κ2) is 9.00. The SMILES string of the molecule is COc1ccc2ncccc2c1NC(=O)Nc1cnc2ccc(C)cc2c1-c1ccccc1Cl. The number of amides is 2. The lowest BCUT2D eigenvalue weighted by Crippen LogP contribution is -2.20. The number of anilines is 2. The molecule has 2 aromatic heterocycles. The van der Waals surface area contributed by atoms with Crippen LogP contribution >= 0.6 is 11.6 Å². The van der Waals surface area contributed by atoms with Crippen LogP contribution in [0.2, 0.25) is 5.02 Å². The van der Waals surface area contributed by atoms with E-state index in [2.05, 4.69) is 20.6 Å². The number of fused-ring (bicyclic) bond motifs is 2. The molecule has 2 heterocycles. The number of aryl methyl sites for hydroxylation is 1. The molecule has 34 heavy (non-hydrogen) atoms. The number of pyridine rings is 2. The van der Waals surface area contributed by atoms with Gasteiger partial charge in [-0.25, -0.2) is 4.79 Å². The van der Waals surface area contributed by atoms with Crippen LogP contribution in [0.25, 0.3) is 32.9 Å². The van der Waals surface area contributed by atoms with Crippen molar-refractivity contribution in [1.82, 2.24) is 9.97 Å². The summed E-state index contributed by atoms with van der Waals surface area (Å²) in [4.78, 5) is 22.1. The van der Waals surface area contributed by atoms with Crippen LogP contribution in [0.15, 0.2) is 79.1 Å². The Morgan fingerprint density at radius 1 is 0.912 bits per heavy atom. The highest BCUT2D eigenvalue weighted by Crippen LogP contribution is 2.39. The Kier molecular flexibility index (Phi) is 5.74. The molecular weight excluding hydrogens is 448 g/mol. The van der Waals surface area contributed by atoms with Gasteiger partial charge < -0.3 is 15.4 Å². The number of rotatable bonds is 4. The van der Waals surface area contributed by atoms with Gasteiger partial charge in [-0.2, -0.15) is 0 Å². The van der Waals surface area contributed by atoms with Gasteiger partial charge in [0, 0.05) is 33.1 Å². The van der Waals surface area contributed by atoms with Crippen LogP contribution in [-0.4, -0.2) is 23.1 Å². The summed E-state index contributed by atoms with van der Waals surface area (Å²) in [5, 5.41) is 8.15. The molecule has 5 aromatic rings. The van der Waals surface area contributed by atoms with Crippen molar-refractivity contribution in [3.63, 3.8) is 0 Å². The molecule has 6 nitrogen and oxygen atoms in total. The molecule has 0 spiro atoms. The molecule has 0 aliphatic heterocycles. The first-order valence-corrected chi connectivity index (χ1v) is 11.1. The maximum Gasteiger partial charge on any atom is 0.323 e. The molecule has 0 atom stereocenters. The Morgan fingerprint density at radius 2 is 1.71 bits per heavy atom. The van der Waals surface area contributed by atoms with Crippen LogP contribution < -0.4 is 15.4 Å². The Labute approximate surface area is 201 Å². The molecule has 7 heteroatoms. The average Bonchev–Trinajstić information content (AvgIpc) is 2.85. The molecule has 0 unspecified atom stereocenters. The maximum atomic E-state index is 13.2. The summed E-state index contributed by atoms with van der Waals surface area (Å²) < 4.78 is 5.48. The minimum atomic E-state index is -0.434. The third-order valence-electron chi connectivity index (χ3n) is 5.62. The lowest BCUT2D eigenvalue weighted by molar-refractivity contribution is 0.262. The molecule has 2 N–H and O–H groups in total. The van der Waals surface area contributed by atoms with Crippen LogP contribution in [0.1, 0.15) is 5.56 Å². The van der Waals surface area contributed by atoms with Crippen LogP contribution in [-0.2, 0) is 0 Å². The number of carbonyl (C=O) groups excluding carboxylic acids is 1. The fraction of sp³-hybridized carbons (Fsp3) is 0.0741. The highest BCUT2D eigenvalue weighted by molar-refractivity contribution is 6.34. The molecule has 0 aliphatic rings. The third kappa shape index (κ3) is 4.00. The number of methoxy groups -OCH3 is 1. The molecular formula is C27H21ClN4O2. The van der Waals surface area contributed by atoms with E-state index >= 15 is 0 Å². The summed E-state index contributed by atoms with van der Waals surface area (Å²) in [5.41, 5.74) is 5.34. The summed E-state index contributed by atoms with van der Waals surface area (Å²) >= 11 is 6.57. The van der Waals surface area contributed by atoms with Crippen LogP contribution in [0.3, 0.4) is 0 Å². The van der Waals surface area contributed by atoms with Gasteiger partial charge in [0.2, 0.25) is 0 Å². The Hall–Kier alpha value is -4.16. The molecule has 168 valence electrons. The molecule has 0 saturated heterocycles. The molecule has 5 rings (SSSR count). The number of aromatic nitrogens is 2. The van der Waals surface area contributed by atoms with E-state index in [1.807, 2.05) is 67.6 Å². The normalized spacial score (nSPS) is 10.9. The van der Waals surface area contributed by atoms with Crippen LogP contribution in [0, 0.1) is 6.92 Å². The molecule has 0 saturated carbocycles. The zero-order valence-corrected chi connectivity index (χ0v) is 19.4. The molecule has 0 aliphatic carbocycles. The topological polar surface area (TPSA) is 76.1 Å². The zero-order chi connectivity index (χ0) is 23.7. The Morgan fingerprint density at radius 3 is 2.53 bits per heavy atom. The summed E-state index contributed by atoms with van der Waals surface area (Å²) in [5.74, 6) is 0.536. The molecule has 0 fully saturated rings. The van der Waals surface area contributed by atoms with Crippen molar-refractivity contribution in [3.05, 3.63) is 89.7 Å². The lowest BCUT2D eigenvalue weighted by atomic mass is 9.98. The Bertz CT molecular complexity index is 1550. The molecule has 3 aromatic carbocycles. The van der Waals surface area contributed by atoms with Crippen molar-refractivity contribution < 1.29 is 9.53 Å². The number of ether oxygens (including phenoxy) is 1. The largest absolute Gasteiger partial charge is 0.495 e. The van der Waals surface area contributed by atoms with Gasteiger partial charge in [0.05, 0.1) is 35.7 Å². The van der Waals surface area contributed by atoms with E-state index in [4.69, 9.17) is 16.3 Å². The molecule has 2 amide bonds. The first-order valence-electron chi connectivity index (χ1n) is 10.7. The predicted octanol–water partition coefficient (Wildman–Crippen LogP) is 7.06. The van der Waals surface area contributed by atoms with E-state index in [1.165, 1.54) is 0 Å². The number of carbonyl (C=O) groups is 1. The fourth-order valence-corrected chi connectivity index (χ4v) is 4.28. The number of urea groups is 1. The van der Waals surface area contributed by atoms with Crippen LogP contribution in [0.5, 0.6) is 5.75 Å². The second-order valence-corrected chi connectivity index (χ2v) is 8.25. The van der Waals surface area contributed by atoms with Crippen molar-refractivity contribution in [2.24, 2.45) is 0 Å². The van der Waals surface area contributed by atoms with Gasteiger partial charge in [0.15, 0.2) is 0 Å². The smallest absolute Gasteiger partial charge is 0.323 e. The predicted molar refractivity (Wildman–Crippen MR) is 138 cm³/mol. The van der Waals surface area contributed by atoms with Crippen molar-refractivity contribution in [2.45, 2.75) is 6.92 Å². The van der Waals surface area contributed by atoms with Gasteiger partial charge in [-0.1, -0.05) is 41.4 Å². The maximum absolute atomic E-state index is 13.2. The first kappa shape index (κ1) is 21.7. The molecule has 0 bridgehead atoms. The summed E-state index contributed by atoms with van der Waals surface area (Å²) in [7, 11) is 1.56. The summed E-state index contributed by atoms with van der Waals surface area (Å²) in [6.45, 7) is 2.02. The fourth-order valence-electron chi connectivity index (χ4n) is 4.05. The van der Waals surface area contributed by atoms with Gasteiger partial charge in [0.25, 0.3) is 0 Å². The van der Waals surface area contributed by atoms with Gasteiger partial charge in [0.1, 0.15) is 5.75 Å². The number of hydrogen-bond acceptors (Lipinski definition) is 4. The quantitative estimate of drug-likeness (QED) is 0.296. The van der Waals surface area contributed by atoms with Crippen molar-refractivity contribution in [1.29, 1.82) is 0 Å². The number of nitrogens with one attached hydrogen (secondary N) is 2. The number of hydrogen-bond donors (Lipinski definition) is 2. The van der Waals surface area contributed by atoms with E-state index in [0.29, 0.717) is 22.1 Å². The minimum Gasteiger partial charge on any atom is -0.495 e. The van der Waals surface area contributed by atoms with Crippen molar-refractivity contribution in [2.75, 3.05) is 17.7 Å². The van der Waals surface area contributed by atoms with Gasteiger partial charge in [-0.05, 0) is 49.4 Å². The monoisotopic (exact) mass is 468 g/mol. The summed E-state index contributed by atoms with van der Waals surface area (Å²) in [6.07, 6.45) is 3.36. The number of halogens is 1. The average molecular weight is 469 g/mol. The lowest BCUT2D eigenvalue weighted by Gasteiger charge is -2.17. The standard InChI is InChI=1S/C27H21ClN4O2/c1-16-9-10-22-19(14-16)25(17-6-3-4-8-20(17)28)23(15-30-22)31-27(33)32-26-18-7-5-13-29-21(18)11-12-24(26)34-2/h3-15H,1-2H3,(H2,31,32,33). The number of benzene rings is 3. The summed E-state index contributed by atoms with van der Waals surface area (Å²) in [6, 6.07) is 20.5.